The number of ether oxygens (including phenoxy) is 1. The van der Waals surface area contributed by atoms with Crippen molar-refractivity contribution in [2.24, 2.45) is 0 Å². The molecule has 2 N–H and O–H groups in total. The number of alkyl halides is 1. The molecule has 110 valence electrons. The van der Waals surface area contributed by atoms with Crippen LogP contribution in [0.3, 0.4) is 0 Å². The van der Waals surface area contributed by atoms with Gasteiger partial charge in [-0.25, -0.2) is 0 Å². The molecule has 21 heavy (non-hydrogen) atoms. The SMILES string of the molecule is C#CCn1c(C2(Cl)C=CC=C(Cl)N2)nc(O)c(OC)c1=O. The van der Waals surface area contributed by atoms with Crippen LogP contribution < -0.4 is 15.6 Å². The lowest BCUT2D eigenvalue weighted by atomic mass is 10.2. The number of hydrogen-bond donors (Lipinski definition) is 2. The Kier molecular flexibility index (Phi) is 4.16. The molecule has 0 radical (unpaired) electrons. The Morgan fingerprint density at radius 2 is 2.38 bits per heavy atom. The third-order valence-corrected chi connectivity index (χ3v) is 3.37. The highest BCUT2D eigenvalue weighted by atomic mass is 35.5. The zero-order valence-electron chi connectivity index (χ0n) is 10.9. The van der Waals surface area contributed by atoms with E-state index in [9.17, 15) is 9.90 Å². The summed E-state index contributed by atoms with van der Waals surface area (Å²) in [6, 6.07) is 0. The second kappa shape index (κ2) is 5.72. The Morgan fingerprint density at radius 3 is 2.95 bits per heavy atom. The lowest BCUT2D eigenvalue weighted by Gasteiger charge is -2.29. The zero-order valence-corrected chi connectivity index (χ0v) is 12.4. The van der Waals surface area contributed by atoms with Crippen LogP contribution in [0.4, 0.5) is 0 Å². The van der Waals surface area contributed by atoms with Crippen LogP contribution in [-0.4, -0.2) is 21.8 Å². The second-order valence-electron chi connectivity index (χ2n) is 4.10. The Balaban J connectivity index is 2.70. The first kappa shape index (κ1) is 15.3. The molecule has 1 aromatic heterocycles. The van der Waals surface area contributed by atoms with Crippen LogP contribution in [0.15, 0.2) is 28.2 Å². The van der Waals surface area contributed by atoms with Gasteiger partial charge in [-0.15, -0.1) is 6.42 Å². The highest BCUT2D eigenvalue weighted by Crippen LogP contribution is 2.32. The summed E-state index contributed by atoms with van der Waals surface area (Å²) < 4.78 is 5.95. The summed E-state index contributed by atoms with van der Waals surface area (Å²) in [5.41, 5.74) is -0.640. The molecule has 2 heterocycles. The molecule has 0 amide bonds. The number of nitrogens with zero attached hydrogens (tertiary/aromatic N) is 2. The van der Waals surface area contributed by atoms with Crippen molar-refractivity contribution in [1.29, 1.82) is 0 Å². The molecule has 6 nitrogen and oxygen atoms in total. The van der Waals surface area contributed by atoms with Crippen LogP contribution in [0.1, 0.15) is 5.82 Å². The van der Waals surface area contributed by atoms with Crippen LogP contribution >= 0.6 is 23.2 Å². The average molecular weight is 328 g/mol. The van der Waals surface area contributed by atoms with Gasteiger partial charge in [0.05, 0.1) is 13.7 Å². The largest absolute Gasteiger partial charge is 0.490 e. The van der Waals surface area contributed by atoms with Gasteiger partial charge in [0.15, 0.2) is 10.8 Å². The van der Waals surface area contributed by atoms with Crippen molar-refractivity contribution < 1.29 is 9.84 Å². The van der Waals surface area contributed by atoms with Crippen LogP contribution in [0.2, 0.25) is 0 Å². The van der Waals surface area contributed by atoms with E-state index in [-0.39, 0.29) is 23.3 Å². The number of rotatable bonds is 3. The number of nitrogens with one attached hydrogen (secondary N) is 1. The molecule has 1 atom stereocenters. The van der Waals surface area contributed by atoms with E-state index in [4.69, 9.17) is 34.4 Å². The third kappa shape index (κ3) is 2.71. The molecule has 0 aliphatic carbocycles. The van der Waals surface area contributed by atoms with Gasteiger partial charge in [-0.1, -0.05) is 35.2 Å². The third-order valence-electron chi connectivity index (χ3n) is 2.76. The van der Waals surface area contributed by atoms with Crippen LogP contribution in [0.25, 0.3) is 0 Å². The predicted molar refractivity (Wildman–Crippen MR) is 79.3 cm³/mol. The van der Waals surface area contributed by atoms with Crippen molar-refractivity contribution in [3.05, 3.63) is 39.6 Å². The number of dihydropyridines is 1. The van der Waals surface area contributed by atoms with Crippen molar-refractivity contribution in [1.82, 2.24) is 14.9 Å². The molecular formula is C13H11Cl2N3O3. The lowest BCUT2D eigenvalue weighted by molar-refractivity contribution is 0.344. The number of terminal acetylenes is 1. The van der Waals surface area contributed by atoms with Crippen LogP contribution in [0.5, 0.6) is 11.6 Å². The summed E-state index contributed by atoms with van der Waals surface area (Å²) in [5, 5.41) is 12.8. The molecule has 1 aromatic rings. The first-order chi connectivity index (χ1) is 9.92. The van der Waals surface area contributed by atoms with E-state index in [0.29, 0.717) is 0 Å². The van der Waals surface area contributed by atoms with Gasteiger partial charge in [-0.3, -0.25) is 9.36 Å². The maximum absolute atomic E-state index is 12.3. The number of hydrogen-bond acceptors (Lipinski definition) is 5. The first-order valence-corrected chi connectivity index (χ1v) is 6.52. The molecule has 1 unspecified atom stereocenters. The average Bonchev–Trinajstić information content (AvgIpc) is 2.42. The molecule has 0 fully saturated rings. The molecule has 1 aliphatic rings. The van der Waals surface area contributed by atoms with E-state index in [0.717, 1.165) is 4.57 Å². The van der Waals surface area contributed by atoms with Gasteiger partial charge < -0.3 is 15.2 Å². The topological polar surface area (TPSA) is 76.4 Å². The molecule has 1 aliphatic heterocycles. The summed E-state index contributed by atoms with van der Waals surface area (Å²) in [4.78, 5) is 14.8. The van der Waals surface area contributed by atoms with Gasteiger partial charge in [-0.2, -0.15) is 4.98 Å². The Bertz CT molecular complexity index is 733. The fourth-order valence-electron chi connectivity index (χ4n) is 1.87. The molecule has 2 rings (SSSR count). The van der Waals surface area contributed by atoms with Gasteiger partial charge in [0.1, 0.15) is 5.16 Å². The molecule has 0 aromatic carbocycles. The molecule has 0 spiro atoms. The lowest BCUT2D eigenvalue weighted by Crippen LogP contribution is -2.41. The van der Waals surface area contributed by atoms with Gasteiger partial charge in [-0.05, 0) is 12.2 Å². The summed E-state index contributed by atoms with van der Waals surface area (Å²) in [6.45, 7) is -0.0941. The summed E-state index contributed by atoms with van der Waals surface area (Å²) in [7, 11) is 1.24. The van der Waals surface area contributed by atoms with Crippen molar-refractivity contribution in [3.63, 3.8) is 0 Å². The monoisotopic (exact) mass is 327 g/mol. The van der Waals surface area contributed by atoms with Gasteiger partial charge in [0, 0.05) is 0 Å². The molecule has 8 heteroatoms. The summed E-state index contributed by atoms with van der Waals surface area (Å²) in [5.74, 6) is 1.45. The Hall–Kier alpha value is -2.10. The molecule has 0 bridgehead atoms. The normalized spacial score (nSPS) is 20.4. The minimum atomic E-state index is -1.41. The number of aromatic hydroxyl groups is 1. The minimum absolute atomic E-state index is 0.00733. The second-order valence-corrected chi connectivity index (χ2v) is 5.10. The predicted octanol–water partition coefficient (Wildman–Crippen LogP) is 1.22. The van der Waals surface area contributed by atoms with Crippen LogP contribution in [-0.2, 0) is 11.5 Å². The fourth-order valence-corrected chi connectivity index (χ4v) is 2.46. The highest BCUT2D eigenvalue weighted by Gasteiger charge is 2.35. The quantitative estimate of drug-likeness (QED) is 0.496. The Morgan fingerprint density at radius 1 is 1.67 bits per heavy atom. The van der Waals surface area contributed by atoms with E-state index >= 15 is 0 Å². The van der Waals surface area contributed by atoms with Gasteiger partial charge >= 0.3 is 5.56 Å². The maximum Gasteiger partial charge on any atom is 0.301 e. The Labute approximate surface area is 130 Å². The fraction of sp³-hybridized carbons (Fsp3) is 0.231. The van der Waals surface area contributed by atoms with Crippen molar-refractivity contribution in [2.75, 3.05) is 7.11 Å². The molecular weight excluding hydrogens is 317 g/mol. The van der Waals surface area contributed by atoms with E-state index in [1.165, 1.54) is 13.2 Å². The summed E-state index contributed by atoms with van der Waals surface area (Å²) >= 11 is 12.3. The standard InChI is InChI=1S/C13H11Cl2N3O3/c1-3-7-18-11(20)9(21-2)10(19)16-12(18)13(15)6-4-5-8(14)17-13/h1,4-6,17,19H,7H2,2H3. The number of aromatic nitrogens is 2. The zero-order chi connectivity index (χ0) is 15.6. The molecule has 0 saturated carbocycles. The van der Waals surface area contributed by atoms with E-state index in [1.54, 1.807) is 12.2 Å². The van der Waals surface area contributed by atoms with Gasteiger partial charge in [0.2, 0.25) is 5.75 Å². The van der Waals surface area contributed by atoms with Crippen molar-refractivity contribution in [3.8, 4) is 24.0 Å². The van der Waals surface area contributed by atoms with E-state index < -0.39 is 16.4 Å². The number of halogens is 2. The van der Waals surface area contributed by atoms with E-state index in [1.807, 2.05) is 0 Å². The van der Waals surface area contributed by atoms with Crippen molar-refractivity contribution >= 4 is 23.2 Å². The van der Waals surface area contributed by atoms with E-state index in [2.05, 4.69) is 16.2 Å². The first-order valence-electron chi connectivity index (χ1n) is 5.76. The number of methoxy groups -OCH3 is 1. The summed E-state index contributed by atoms with van der Waals surface area (Å²) in [6.07, 6.45) is 9.97. The van der Waals surface area contributed by atoms with Gasteiger partial charge in [0.25, 0.3) is 5.88 Å². The number of allylic oxidation sites excluding steroid dienone is 2. The molecule has 0 saturated heterocycles. The van der Waals surface area contributed by atoms with Crippen molar-refractivity contribution in [2.45, 2.75) is 11.5 Å². The van der Waals surface area contributed by atoms with Crippen LogP contribution in [0, 0.1) is 12.3 Å². The highest BCUT2D eigenvalue weighted by molar-refractivity contribution is 6.31. The maximum atomic E-state index is 12.3. The smallest absolute Gasteiger partial charge is 0.301 e. The minimum Gasteiger partial charge on any atom is -0.490 e.